The molecular weight excluding hydrogens is 272 g/mol. The molecule has 20 heavy (non-hydrogen) atoms. The van der Waals surface area contributed by atoms with E-state index in [-0.39, 0.29) is 12.0 Å². The molecule has 0 amide bonds. The molecule has 1 N–H and O–H groups in total. The molecule has 0 bridgehead atoms. The van der Waals surface area contributed by atoms with Crippen LogP contribution in [0.15, 0.2) is 18.2 Å². The van der Waals surface area contributed by atoms with E-state index in [0.717, 1.165) is 19.4 Å². The molecule has 4 nitrogen and oxygen atoms in total. The van der Waals surface area contributed by atoms with E-state index >= 15 is 0 Å². The Hall–Kier alpha value is -1.07. The first-order valence-corrected chi connectivity index (χ1v) is 9.04. The van der Waals surface area contributed by atoms with Gasteiger partial charge in [-0.25, -0.2) is 8.42 Å². The number of anilines is 1. The summed E-state index contributed by atoms with van der Waals surface area (Å²) in [5.74, 6) is 0.848. The number of benzene rings is 1. The third-order valence-electron chi connectivity index (χ3n) is 4.64. The van der Waals surface area contributed by atoms with Crippen molar-refractivity contribution < 1.29 is 8.42 Å². The Kier molecular flexibility index (Phi) is 3.50. The van der Waals surface area contributed by atoms with E-state index in [1.165, 1.54) is 16.8 Å². The van der Waals surface area contributed by atoms with Crippen molar-refractivity contribution in [1.29, 1.82) is 0 Å². The highest BCUT2D eigenvalue weighted by molar-refractivity contribution is 7.91. The maximum atomic E-state index is 11.7. The van der Waals surface area contributed by atoms with E-state index in [1.807, 2.05) is 7.05 Å². The lowest BCUT2D eigenvalue weighted by Crippen LogP contribution is -2.26. The van der Waals surface area contributed by atoms with Gasteiger partial charge in [0.15, 0.2) is 9.84 Å². The molecule has 0 radical (unpaired) electrons. The van der Waals surface area contributed by atoms with Crippen molar-refractivity contribution in [2.45, 2.75) is 18.9 Å². The highest BCUT2D eigenvalue weighted by atomic mass is 32.2. The van der Waals surface area contributed by atoms with Crippen molar-refractivity contribution in [3.8, 4) is 0 Å². The van der Waals surface area contributed by atoms with Gasteiger partial charge in [-0.05, 0) is 43.0 Å². The summed E-state index contributed by atoms with van der Waals surface area (Å²) in [6.07, 6.45) is 1.85. The minimum Gasteiger partial charge on any atom is -0.374 e. The Bertz CT molecular complexity index is 612. The second-order valence-electron chi connectivity index (χ2n) is 5.99. The van der Waals surface area contributed by atoms with Crippen LogP contribution in [-0.2, 0) is 16.3 Å². The lowest BCUT2D eigenvalue weighted by atomic mass is 9.91. The van der Waals surface area contributed by atoms with Crippen LogP contribution in [-0.4, -0.2) is 40.6 Å². The van der Waals surface area contributed by atoms with Gasteiger partial charge in [-0.15, -0.1) is 0 Å². The molecule has 1 aromatic rings. The van der Waals surface area contributed by atoms with Crippen LogP contribution in [0.4, 0.5) is 5.69 Å². The number of nitrogens with zero attached hydrogens (tertiary/aromatic N) is 1. The van der Waals surface area contributed by atoms with Crippen molar-refractivity contribution in [3.63, 3.8) is 0 Å². The molecule has 2 heterocycles. The SMILES string of the molecule is CNC(c1ccc2c(c1)CCN2C)C1CCS(=O)(=O)C1. The van der Waals surface area contributed by atoms with Gasteiger partial charge in [0.1, 0.15) is 0 Å². The smallest absolute Gasteiger partial charge is 0.150 e. The predicted octanol–water partition coefficient (Wildman–Crippen LogP) is 1.37. The number of nitrogens with one attached hydrogen (secondary N) is 1. The number of hydrogen-bond acceptors (Lipinski definition) is 4. The molecule has 0 aromatic heterocycles. The Labute approximate surface area is 121 Å². The highest BCUT2D eigenvalue weighted by Gasteiger charge is 2.34. The fourth-order valence-corrected chi connectivity index (χ4v) is 5.38. The Morgan fingerprint density at radius 2 is 2.20 bits per heavy atom. The van der Waals surface area contributed by atoms with Crippen LogP contribution < -0.4 is 10.2 Å². The fourth-order valence-electron chi connectivity index (χ4n) is 3.54. The predicted molar refractivity (Wildman–Crippen MR) is 82.0 cm³/mol. The van der Waals surface area contributed by atoms with Crippen LogP contribution in [0.2, 0.25) is 0 Å². The maximum absolute atomic E-state index is 11.7. The van der Waals surface area contributed by atoms with Crippen LogP contribution in [0.5, 0.6) is 0 Å². The minimum atomic E-state index is -2.83. The summed E-state index contributed by atoms with van der Waals surface area (Å²) >= 11 is 0. The van der Waals surface area contributed by atoms with Gasteiger partial charge in [-0.2, -0.15) is 0 Å². The van der Waals surface area contributed by atoms with Gasteiger partial charge in [0.25, 0.3) is 0 Å². The van der Waals surface area contributed by atoms with E-state index in [2.05, 4.69) is 35.5 Å². The third kappa shape index (κ3) is 2.44. The average molecular weight is 294 g/mol. The first-order valence-electron chi connectivity index (χ1n) is 7.22. The van der Waals surface area contributed by atoms with Crippen molar-refractivity contribution in [2.24, 2.45) is 5.92 Å². The summed E-state index contributed by atoms with van der Waals surface area (Å²) in [7, 11) is 1.21. The fraction of sp³-hybridized carbons (Fsp3) is 0.600. The summed E-state index contributed by atoms with van der Waals surface area (Å²) in [5, 5.41) is 3.32. The number of fused-ring (bicyclic) bond motifs is 1. The first kappa shape index (κ1) is 13.9. The van der Waals surface area contributed by atoms with Crippen molar-refractivity contribution >= 4 is 15.5 Å². The zero-order valence-electron chi connectivity index (χ0n) is 12.1. The second-order valence-corrected chi connectivity index (χ2v) is 8.22. The molecule has 2 aliphatic rings. The van der Waals surface area contributed by atoms with Crippen LogP contribution >= 0.6 is 0 Å². The molecule has 0 saturated carbocycles. The van der Waals surface area contributed by atoms with Gasteiger partial charge < -0.3 is 10.2 Å². The van der Waals surface area contributed by atoms with Gasteiger partial charge >= 0.3 is 0 Å². The largest absolute Gasteiger partial charge is 0.374 e. The van der Waals surface area contributed by atoms with Crippen molar-refractivity contribution in [2.75, 3.05) is 37.0 Å². The molecule has 3 rings (SSSR count). The number of sulfone groups is 1. The topological polar surface area (TPSA) is 49.4 Å². The molecule has 2 unspecified atom stereocenters. The van der Waals surface area contributed by atoms with Crippen molar-refractivity contribution in [3.05, 3.63) is 29.3 Å². The Morgan fingerprint density at radius 3 is 2.85 bits per heavy atom. The number of rotatable bonds is 3. The summed E-state index contributed by atoms with van der Waals surface area (Å²) in [4.78, 5) is 2.27. The molecule has 1 fully saturated rings. The lowest BCUT2D eigenvalue weighted by molar-refractivity contribution is 0.418. The maximum Gasteiger partial charge on any atom is 0.150 e. The summed E-state index contributed by atoms with van der Waals surface area (Å²) in [6, 6.07) is 6.71. The number of hydrogen-bond donors (Lipinski definition) is 1. The van der Waals surface area contributed by atoms with Crippen molar-refractivity contribution in [1.82, 2.24) is 5.32 Å². The van der Waals surface area contributed by atoms with E-state index in [1.54, 1.807) is 0 Å². The van der Waals surface area contributed by atoms with Crippen LogP contribution in [0.25, 0.3) is 0 Å². The van der Waals surface area contributed by atoms with Gasteiger partial charge in [0.2, 0.25) is 0 Å². The average Bonchev–Trinajstić information content (AvgIpc) is 2.94. The number of likely N-dealkylation sites (N-methyl/N-ethyl adjacent to an activating group) is 1. The molecule has 2 aliphatic heterocycles. The molecule has 1 aromatic carbocycles. The first-order chi connectivity index (χ1) is 9.50. The normalized spacial score (nSPS) is 25.7. The van der Waals surface area contributed by atoms with Gasteiger partial charge in [-0.1, -0.05) is 12.1 Å². The van der Waals surface area contributed by atoms with Crippen LogP contribution in [0.3, 0.4) is 0 Å². The Morgan fingerprint density at radius 1 is 1.40 bits per heavy atom. The van der Waals surface area contributed by atoms with E-state index in [0.29, 0.717) is 11.5 Å². The molecule has 110 valence electrons. The third-order valence-corrected chi connectivity index (χ3v) is 6.43. The molecule has 0 spiro atoms. The van der Waals surface area contributed by atoms with Gasteiger partial charge in [-0.3, -0.25) is 0 Å². The van der Waals surface area contributed by atoms with Gasteiger partial charge in [0.05, 0.1) is 11.5 Å². The van der Waals surface area contributed by atoms with Crippen LogP contribution in [0.1, 0.15) is 23.6 Å². The zero-order chi connectivity index (χ0) is 14.3. The summed E-state index contributed by atoms with van der Waals surface area (Å²) in [5.41, 5.74) is 3.91. The van der Waals surface area contributed by atoms with Gasteiger partial charge in [0, 0.05) is 25.3 Å². The Balaban J connectivity index is 1.87. The lowest BCUT2D eigenvalue weighted by Gasteiger charge is -2.23. The van der Waals surface area contributed by atoms with E-state index in [4.69, 9.17) is 0 Å². The summed E-state index contributed by atoms with van der Waals surface area (Å²) in [6.45, 7) is 1.07. The van der Waals surface area contributed by atoms with E-state index < -0.39 is 9.84 Å². The molecule has 2 atom stereocenters. The summed E-state index contributed by atoms with van der Waals surface area (Å²) < 4.78 is 23.4. The molecule has 5 heteroatoms. The molecule has 0 aliphatic carbocycles. The monoisotopic (exact) mass is 294 g/mol. The van der Waals surface area contributed by atoms with E-state index in [9.17, 15) is 8.42 Å². The standard InChI is InChI=1S/C15H22N2O2S/c1-16-15(13-6-8-20(18,19)10-13)12-3-4-14-11(9-12)5-7-17(14)2/h3-4,9,13,15-16H,5-8,10H2,1-2H3. The highest BCUT2D eigenvalue weighted by Crippen LogP contribution is 2.35. The zero-order valence-corrected chi connectivity index (χ0v) is 12.9. The second kappa shape index (κ2) is 5.04. The minimum absolute atomic E-state index is 0.142. The van der Waals surface area contributed by atoms with Crippen LogP contribution in [0, 0.1) is 5.92 Å². The quantitative estimate of drug-likeness (QED) is 0.915. The molecule has 1 saturated heterocycles. The molecular formula is C15H22N2O2S.